The van der Waals surface area contributed by atoms with Crippen molar-refractivity contribution in [2.45, 2.75) is 13.3 Å². The van der Waals surface area contributed by atoms with Gasteiger partial charge in [-0.25, -0.2) is 0 Å². The molecule has 0 spiro atoms. The van der Waals surface area contributed by atoms with Crippen molar-refractivity contribution in [1.82, 2.24) is 0 Å². The van der Waals surface area contributed by atoms with Crippen molar-refractivity contribution in [3.05, 3.63) is 33.8 Å². The van der Waals surface area contributed by atoms with Gasteiger partial charge in [0, 0.05) is 4.47 Å². The molecular weight excluding hydrogens is 232 g/mol. The summed E-state index contributed by atoms with van der Waals surface area (Å²) in [4.78, 5) is 11.0. The van der Waals surface area contributed by atoms with Crippen molar-refractivity contribution in [3.63, 3.8) is 0 Å². The number of rotatable bonds is 2. The van der Waals surface area contributed by atoms with Gasteiger partial charge in [-0.15, -0.1) is 0 Å². The highest BCUT2D eigenvalue weighted by molar-refractivity contribution is 9.10. The summed E-state index contributed by atoms with van der Waals surface area (Å²) < 4.78 is 5.58. The Morgan fingerprint density at radius 3 is 2.85 bits per heavy atom. The molecule has 1 rings (SSSR count). The second kappa shape index (κ2) is 4.42. The fraction of sp³-hybridized carbons (Fsp3) is 0.300. The average Bonchev–Trinajstić information content (AvgIpc) is 2.13. The topological polar surface area (TPSA) is 26.3 Å². The number of ether oxygens (including phenoxy) is 1. The van der Waals surface area contributed by atoms with Crippen LogP contribution in [-0.4, -0.2) is 13.1 Å². The van der Waals surface area contributed by atoms with Crippen molar-refractivity contribution < 1.29 is 9.53 Å². The predicted octanol–water partition coefficient (Wildman–Crippen LogP) is 2.47. The van der Waals surface area contributed by atoms with Gasteiger partial charge in [0.05, 0.1) is 13.5 Å². The van der Waals surface area contributed by atoms with Crippen LogP contribution in [0.2, 0.25) is 0 Å². The molecule has 0 amide bonds. The van der Waals surface area contributed by atoms with E-state index >= 15 is 0 Å². The second-order valence-corrected chi connectivity index (χ2v) is 3.59. The molecule has 1 aromatic rings. The maximum absolute atomic E-state index is 11.0. The number of hydrogen-bond acceptors (Lipinski definition) is 2. The minimum absolute atomic E-state index is 0.216. The molecule has 0 N–H and O–H groups in total. The summed E-state index contributed by atoms with van der Waals surface area (Å²) >= 11 is 3.43. The van der Waals surface area contributed by atoms with Crippen molar-refractivity contribution in [2.75, 3.05) is 7.11 Å². The van der Waals surface area contributed by atoms with Crippen LogP contribution in [0.4, 0.5) is 0 Å². The number of carbonyl (C=O) groups is 1. The minimum atomic E-state index is -0.216. The second-order valence-electron chi connectivity index (χ2n) is 2.80. The van der Waals surface area contributed by atoms with E-state index in [-0.39, 0.29) is 5.97 Å². The maximum atomic E-state index is 11.0. The van der Waals surface area contributed by atoms with Gasteiger partial charge >= 0.3 is 5.97 Å². The normalized spacial score (nSPS) is 9.77. The molecule has 13 heavy (non-hydrogen) atoms. The zero-order valence-electron chi connectivity index (χ0n) is 7.63. The molecule has 0 unspecified atom stereocenters. The molecule has 70 valence electrons. The number of halogens is 1. The fourth-order valence-corrected chi connectivity index (χ4v) is 1.48. The van der Waals surface area contributed by atoms with Crippen molar-refractivity contribution in [3.8, 4) is 0 Å². The molecule has 1 aromatic carbocycles. The molecule has 0 fully saturated rings. The van der Waals surface area contributed by atoms with E-state index in [0.717, 1.165) is 15.6 Å². The number of carbonyl (C=O) groups excluding carboxylic acids is 1. The Morgan fingerprint density at radius 1 is 1.54 bits per heavy atom. The largest absolute Gasteiger partial charge is 0.469 e. The van der Waals surface area contributed by atoms with Gasteiger partial charge in [0.1, 0.15) is 0 Å². The van der Waals surface area contributed by atoms with Crippen molar-refractivity contribution in [2.24, 2.45) is 0 Å². The minimum Gasteiger partial charge on any atom is -0.469 e. The van der Waals surface area contributed by atoms with Crippen LogP contribution < -0.4 is 0 Å². The summed E-state index contributed by atoms with van der Waals surface area (Å²) in [6, 6.07) is 5.83. The number of methoxy groups -OCH3 is 1. The highest BCUT2D eigenvalue weighted by Crippen LogP contribution is 2.21. The lowest BCUT2D eigenvalue weighted by atomic mass is 10.1. The van der Waals surface area contributed by atoms with Gasteiger partial charge in [0.15, 0.2) is 0 Å². The Morgan fingerprint density at radius 2 is 2.23 bits per heavy atom. The van der Waals surface area contributed by atoms with Gasteiger partial charge in [-0.3, -0.25) is 4.79 Å². The summed E-state index contributed by atoms with van der Waals surface area (Å²) in [5.41, 5.74) is 2.09. The summed E-state index contributed by atoms with van der Waals surface area (Å²) in [6.45, 7) is 1.99. The molecule has 0 heterocycles. The van der Waals surface area contributed by atoms with E-state index in [1.807, 2.05) is 25.1 Å². The van der Waals surface area contributed by atoms with Crippen LogP contribution in [0.1, 0.15) is 11.1 Å². The third kappa shape index (κ3) is 2.56. The van der Waals surface area contributed by atoms with Gasteiger partial charge in [0.2, 0.25) is 0 Å². The molecule has 0 bridgehead atoms. The fourth-order valence-electron chi connectivity index (χ4n) is 1.07. The first-order valence-electron chi connectivity index (χ1n) is 3.96. The lowest BCUT2D eigenvalue weighted by molar-refractivity contribution is -0.139. The van der Waals surface area contributed by atoms with E-state index < -0.39 is 0 Å². The highest BCUT2D eigenvalue weighted by Gasteiger charge is 2.07. The first kappa shape index (κ1) is 10.3. The van der Waals surface area contributed by atoms with Crippen LogP contribution >= 0.6 is 15.9 Å². The Hall–Kier alpha value is -0.830. The van der Waals surface area contributed by atoms with Gasteiger partial charge < -0.3 is 4.74 Å². The Kier molecular flexibility index (Phi) is 3.48. The first-order valence-corrected chi connectivity index (χ1v) is 4.75. The summed E-state index contributed by atoms with van der Waals surface area (Å²) in [5, 5.41) is 0. The lowest BCUT2D eigenvalue weighted by Crippen LogP contribution is -2.05. The summed E-state index contributed by atoms with van der Waals surface area (Å²) in [6.07, 6.45) is 0.318. The molecule has 0 saturated heterocycles. The van der Waals surface area contributed by atoms with E-state index in [1.54, 1.807) is 0 Å². The number of esters is 1. The maximum Gasteiger partial charge on any atom is 0.310 e. The molecule has 0 aliphatic carbocycles. The molecular formula is C10H11BrO2. The molecule has 0 aliphatic heterocycles. The lowest BCUT2D eigenvalue weighted by Gasteiger charge is -2.05. The van der Waals surface area contributed by atoms with E-state index in [1.165, 1.54) is 7.11 Å². The smallest absolute Gasteiger partial charge is 0.310 e. The zero-order valence-corrected chi connectivity index (χ0v) is 9.22. The molecule has 0 saturated carbocycles. The van der Waals surface area contributed by atoms with Gasteiger partial charge in [-0.2, -0.15) is 0 Å². The monoisotopic (exact) mass is 242 g/mol. The SMILES string of the molecule is COC(=O)Cc1cccc(C)c1Br. The van der Waals surface area contributed by atoms with Gasteiger partial charge in [-0.05, 0) is 18.1 Å². The Bertz CT molecular complexity index is 321. The van der Waals surface area contributed by atoms with E-state index in [2.05, 4.69) is 20.7 Å². The van der Waals surface area contributed by atoms with E-state index in [4.69, 9.17) is 0 Å². The Labute approximate surface area is 86.0 Å². The zero-order chi connectivity index (χ0) is 9.84. The predicted molar refractivity (Wildman–Crippen MR) is 54.6 cm³/mol. The van der Waals surface area contributed by atoms with Crippen molar-refractivity contribution in [1.29, 1.82) is 0 Å². The van der Waals surface area contributed by atoms with Crippen LogP contribution in [0.25, 0.3) is 0 Å². The van der Waals surface area contributed by atoms with Crippen LogP contribution in [0, 0.1) is 6.92 Å². The molecule has 3 heteroatoms. The van der Waals surface area contributed by atoms with Gasteiger partial charge in [-0.1, -0.05) is 34.1 Å². The summed E-state index contributed by atoms with van der Waals surface area (Å²) in [5.74, 6) is -0.216. The molecule has 0 aliphatic rings. The Balaban J connectivity index is 2.89. The molecule has 0 atom stereocenters. The van der Waals surface area contributed by atoms with Crippen LogP contribution in [0.3, 0.4) is 0 Å². The molecule has 2 nitrogen and oxygen atoms in total. The standard InChI is InChI=1S/C10H11BrO2/c1-7-4-3-5-8(10(7)11)6-9(12)13-2/h3-5H,6H2,1-2H3. The van der Waals surface area contributed by atoms with E-state index in [0.29, 0.717) is 6.42 Å². The van der Waals surface area contributed by atoms with Crippen LogP contribution in [0.5, 0.6) is 0 Å². The van der Waals surface area contributed by atoms with Crippen molar-refractivity contribution >= 4 is 21.9 Å². The third-order valence-corrected chi connectivity index (χ3v) is 2.97. The molecule has 0 aromatic heterocycles. The number of benzene rings is 1. The van der Waals surface area contributed by atoms with Crippen LogP contribution in [-0.2, 0) is 16.0 Å². The number of aryl methyl sites for hydroxylation is 1. The third-order valence-electron chi connectivity index (χ3n) is 1.83. The average molecular weight is 243 g/mol. The van der Waals surface area contributed by atoms with Crippen LogP contribution in [0.15, 0.2) is 22.7 Å². The molecule has 0 radical (unpaired) electrons. The quantitative estimate of drug-likeness (QED) is 0.746. The van der Waals surface area contributed by atoms with E-state index in [9.17, 15) is 4.79 Å². The first-order chi connectivity index (χ1) is 6.15. The number of hydrogen-bond donors (Lipinski definition) is 0. The summed E-state index contributed by atoms with van der Waals surface area (Å²) in [7, 11) is 1.39. The highest BCUT2D eigenvalue weighted by atomic mass is 79.9. The van der Waals surface area contributed by atoms with Gasteiger partial charge in [0.25, 0.3) is 0 Å².